The standard InChI is InChI=1S/C20H24N4O2/c1-4-6-11-21-20(25)18-13-19-22-17(12-14(3)24(19)23-18)15-7-9-16(10-8-15)26-5-2/h7-10,12-13H,4-6,11H2,1-3H3,(H,21,25). The summed E-state index contributed by atoms with van der Waals surface area (Å²) in [5.41, 5.74) is 3.81. The van der Waals surface area contributed by atoms with Crippen molar-refractivity contribution < 1.29 is 9.53 Å². The number of carbonyl (C=O) groups is 1. The first-order chi connectivity index (χ1) is 12.6. The Morgan fingerprint density at radius 3 is 2.65 bits per heavy atom. The number of aryl methyl sites for hydroxylation is 1. The van der Waals surface area contributed by atoms with Gasteiger partial charge in [0.15, 0.2) is 11.3 Å². The maximum atomic E-state index is 12.2. The molecule has 1 aromatic carbocycles. The summed E-state index contributed by atoms with van der Waals surface area (Å²) in [6, 6.07) is 11.5. The number of nitrogens with zero attached hydrogens (tertiary/aromatic N) is 3. The van der Waals surface area contributed by atoms with Crippen LogP contribution in [0.2, 0.25) is 0 Å². The summed E-state index contributed by atoms with van der Waals surface area (Å²) >= 11 is 0. The lowest BCUT2D eigenvalue weighted by Crippen LogP contribution is -2.24. The summed E-state index contributed by atoms with van der Waals surface area (Å²) in [6.07, 6.45) is 2.00. The molecule has 0 radical (unpaired) electrons. The molecular formula is C20H24N4O2. The molecule has 0 atom stereocenters. The van der Waals surface area contributed by atoms with Gasteiger partial charge < -0.3 is 10.1 Å². The third-order valence-electron chi connectivity index (χ3n) is 4.11. The smallest absolute Gasteiger partial charge is 0.271 e. The topological polar surface area (TPSA) is 68.5 Å². The molecule has 6 heteroatoms. The number of hydrogen-bond donors (Lipinski definition) is 1. The first kappa shape index (κ1) is 17.9. The number of carbonyl (C=O) groups excluding carboxylic acids is 1. The molecule has 0 aliphatic carbocycles. The third kappa shape index (κ3) is 3.85. The molecule has 0 aliphatic rings. The van der Waals surface area contributed by atoms with Gasteiger partial charge in [0, 0.05) is 23.9 Å². The van der Waals surface area contributed by atoms with E-state index in [9.17, 15) is 4.79 Å². The number of ether oxygens (including phenoxy) is 1. The average Bonchev–Trinajstić information content (AvgIpc) is 3.08. The Morgan fingerprint density at radius 2 is 1.96 bits per heavy atom. The van der Waals surface area contributed by atoms with Crippen molar-refractivity contribution in [3.05, 3.63) is 47.8 Å². The van der Waals surface area contributed by atoms with Crippen molar-refractivity contribution in [3.63, 3.8) is 0 Å². The molecule has 3 aromatic rings. The summed E-state index contributed by atoms with van der Waals surface area (Å²) in [7, 11) is 0. The van der Waals surface area contributed by atoms with Gasteiger partial charge in [0.25, 0.3) is 5.91 Å². The Labute approximate surface area is 153 Å². The van der Waals surface area contributed by atoms with Gasteiger partial charge in [-0.1, -0.05) is 13.3 Å². The number of hydrogen-bond acceptors (Lipinski definition) is 4. The summed E-state index contributed by atoms with van der Waals surface area (Å²) in [5, 5.41) is 7.27. The first-order valence-corrected chi connectivity index (χ1v) is 9.01. The zero-order chi connectivity index (χ0) is 18.5. The van der Waals surface area contributed by atoms with E-state index < -0.39 is 0 Å². The molecule has 0 saturated heterocycles. The van der Waals surface area contributed by atoms with Crippen molar-refractivity contribution in [3.8, 4) is 17.0 Å². The van der Waals surface area contributed by atoms with Gasteiger partial charge in [-0.05, 0) is 50.6 Å². The number of aromatic nitrogens is 3. The zero-order valence-corrected chi connectivity index (χ0v) is 15.5. The minimum Gasteiger partial charge on any atom is -0.494 e. The molecule has 3 rings (SSSR count). The van der Waals surface area contributed by atoms with Crippen LogP contribution >= 0.6 is 0 Å². The molecular weight excluding hydrogens is 328 g/mol. The van der Waals surface area contributed by atoms with Gasteiger partial charge in [0.05, 0.1) is 12.3 Å². The normalized spacial score (nSPS) is 10.9. The molecule has 1 amide bonds. The van der Waals surface area contributed by atoms with Crippen LogP contribution in [0.25, 0.3) is 16.9 Å². The van der Waals surface area contributed by atoms with Crippen molar-refractivity contribution in [2.75, 3.05) is 13.2 Å². The molecule has 136 valence electrons. The predicted octanol–water partition coefficient (Wildman–Crippen LogP) is 3.63. The Hall–Kier alpha value is -2.89. The molecule has 1 N–H and O–H groups in total. The first-order valence-electron chi connectivity index (χ1n) is 9.01. The Balaban J connectivity index is 1.88. The minimum atomic E-state index is -0.161. The SMILES string of the molecule is CCCCNC(=O)c1cc2nc(-c3ccc(OCC)cc3)cc(C)n2n1. The van der Waals surface area contributed by atoms with Crippen molar-refractivity contribution in [1.29, 1.82) is 0 Å². The highest BCUT2D eigenvalue weighted by Crippen LogP contribution is 2.23. The fourth-order valence-electron chi connectivity index (χ4n) is 2.74. The van der Waals surface area contributed by atoms with Gasteiger partial charge >= 0.3 is 0 Å². The van der Waals surface area contributed by atoms with Crippen LogP contribution in [0, 0.1) is 6.92 Å². The molecule has 0 saturated carbocycles. The average molecular weight is 352 g/mol. The van der Waals surface area contributed by atoms with Gasteiger partial charge in [0.1, 0.15) is 5.75 Å². The van der Waals surface area contributed by atoms with Crippen molar-refractivity contribution in [2.24, 2.45) is 0 Å². The van der Waals surface area contributed by atoms with Crippen LogP contribution in [0.1, 0.15) is 42.9 Å². The second-order valence-corrected chi connectivity index (χ2v) is 6.15. The van der Waals surface area contributed by atoms with Crippen LogP contribution in [0.4, 0.5) is 0 Å². The lowest BCUT2D eigenvalue weighted by atomic mass is 10.1. The molecule has 0 bridgehead atoms. The maximum Gasteiger partial charge on any atom is 0.271 e. The predicted molar refractivity (Wildman–Crippen MR) is 102 cm³/mol. The van der Waals surface area contributed by atoms with Crippen LogP contribution in [0.3, 0.4) is 0 Å². The largest absolute Gasteiger partial charge is 0.494 e. The molecule has 2 aromatic heterocycles. The Morgan fingerprint density at radius 1 is 1.19 bits per heavy atom. The van der Waals surface area contributed by atoms with E-state index in [0.717, 1.165) is 35.5 Å². The quantitative estimate of drug-likeness (QED) is 0.659. The van der Waals surface area contributed by atoms with E-state index in [1.807, 2.05) is 44.2 Å². The van der Waals surface area contributed by atoms with E-state index in [1.54, 1.807) is 10.6 Å². The molecule has 26 heavy (non-hydrogen) atoms. The summed E-state index contributed by atoms with van der Waals surface area (Å²) in [6.45, 7) is 7.31. The highest BCUT2D eigenvalue weighted by atomic mass is 16.5. The molecule has 0 aliphatic heterocycles. The zero-order valence-electron chi connectivity index (χ0n) is 15.5. The maximum absolute atomic E-state index is 12.2. The van der Waals surface area contributed by atoms with E-state index in [-0.39, 0.29) is 5.91 Å². The van der Waals surface area contributed by atoms with Crippen LogP contribution in [-0.4, -0.2) is 33.7 Å². The molecule has 0 unspecified atom stereocenters. The second kappa shape index (κ2) is 7.99. The monoisotopic (exact) mass is 352 g/mol. The summed E-state index contributed by atoms with van der Waals surface area (Å²) < 4.78 is 7.18. The molecule has 6 nitrogen and oxygen atoms in total. The van der Waals surface area contributed by atoms with Gasteiger partial charge in [-0.2, -0.15) is 5.10 Å². The number of fused-ring (bicyclic) bond motifs is 1. The van der Waals surface area contributed by atoms with Crippen LogP contribution < -0.4 is 10.1 Å². The number of rotatable bonds is 7. The number of unbranched alkanes of at least 4 members (excludes halogenated alkanes) is 1. The van der Waals surface area contributed by atoms with E-state index in [0.29, 0.717) is 24.5 Å². The van der Waals surface area contributed by atoms with Gasteiger partial charge in [-0.25, -0.2) is 9.50 Å². The van der Waals surface area contributed by atoms with Crippen molar-refractivity contribution >= 4 is 11.6 Å². The van der Waals surface area contributed by atoms with Crippen molar-refractivity contribution in [2.45, 2.75) is 33.6 Å². The fraction of sp³-hybridized carbons (Fsp3) is 0.350. The molecule has 0 fully saturated rings. The van der Waals surface area contributed by atoms with E-state index in [1.165, 1.54) is 0 Å². The van der Waals surface area contributed by atoms with E-state index in [4.69, 9.17) is 4.74 Å². The highest BCUT2D eigenvalue weighted by molar-refractivity contribution is 5.93. The lowest BCUT2D eigenvalue weighted by Gasteiger charge is -2.06. The molecule has 0 spiro atoms. The number of benzene rings is 1. The van der Waals surface area contributed by atoms with Crippen LogP contribution in [-0.2, 0) is 0 Å². The van der Waals surface area contributed by atoms with Crippen LogP contribution in [0.15, 0.2) is 36.4 Å². The van der Waals surface area contributed by atoms with Crippen LogP contribution in [0.5, 0.6) is 5.75 Å². The van der Waals surface area contributed by atoms with Crippen molar-refractivity contribution in [1.82, 2.24) is 19.9 Å². The third-order valence-corrected chi connectivity index (χ3v) is 4.11. The minimum absolute atomic E-state index is 0.161. The lowest BCUT2D eigenvalue weighted by molar-refractivity contribution is 0.0948. The summed E-state index contributed by atoms with van der Waals surface area (Å²) in [4.78, 5) is 16.9. The van der Waals surface area contributed by atoms with Gasteiger partial charge in [-0.3, -0.25) is 4.79 Å². The Kier molecular flexibility index (Phi) is 5.51. The van der Waals surface area contributed by atoms with E-state index in [2.05, 4.69) is 22.3 Å². The van der Waals surface area contributed by atoms with Gasteiger partial charge in [0.2, 0.25) is 0 Å². The fourth-order valence-corrected chi connectivity index (χ4v) is 2.74. The van der Waals surface area contributed by atoms with Gasteiger partial charge in [-0.15, -0.1) is 0 Å². The highest BCUT2D eigenvalue weighted by Gasteiger charge is 2.13. The van der Waals surface area contributed by atoms with E-state index >= 15 is 0 Å². The summed E-state index contributed by atoms with van der Waals surface area (Å²) in [5.74, 6) is 0.676. The number of amides is 1. The molecule has 2 heterocycles. The number of nitrogens with one attached hydrogen (secondary N) is 1. The Bertz CT molecular complexity index is 900. The second-order valence-electron chi connectivity index (χ2n) is 6.15.